The summed E-state index contributed by atoms with van der Waals surface area (Å²) < 4.78 is 13.7. The van der Waals surface area contributed by atoms with Gasteiger partial charge in [-0.1, -0.05) is 17.4 Å². The average molecular weight is 443 g/mol. The van der Waals surface area contributed by atoms with Gasteiger partial charge in [-0.15, -0.1) is 0 Å². The van der Waals surface area contributed by atoms with Gasteiger partial charge in [0.15, 0.2) is 5.13 Å². The second-order valence-electron chi connectivity index (χ2n) is 6.98. The van der Waals surface area contributed by atoms with Crippen LogP contribution in [-0.2, 0) is 9.59 Å². The maximum absolute atomic E-state index is 13.0. The number of aromatic nitrogens is 1. The SMILES string of the molecule is CN1C(=O)[C@@H](c2ccc3nc(NC(=O)Nc4ccc(F)cc4)sc3c2)NC[C@H]1C(=O)O. The highest BCUT2D eigenvalue weighted by Gasteiger charge is 2.37. The first-order valence-corrected chi connectivity index (χ1v) is 10.1. The number of hydrogen-bond acceptors (Lipinski definition) is 6. The molecule has 31 heavy (non-hydrogen) atoms. The zero-order chi connectivity index (χ0) is 22.1. The smallest absolute Gasteiger partial charge is 0.327 e. The number of piperazine rings is 1. The molecule has 2 atom stereocenters. The van der Waals surface area contributed by atoms with E-state index in [9.17, 15) is 23.9 Å². The van der Waals surface area contributed by atoms with Gasteiger partial charge in [-0.25, -0.2) is 19.0 Å². The van der Waals surface area contributed by atoms with Gasteiger partial charge >= 0.3 is 12.0 Å². The van der Waals surface area contributed by atoms with Gasteiger partial charge in [0.1, 0.15) is 17.9 Å². The van der Waals surface area contributed by atoms with E-state index in [-0.39, 0.29) is 12.5 Å². The Morgan fingerprint density at radius 1 is 1.23 bits per heavy atom. The first kappa shape index (κ1) is 20.7. The quantitative estimate of drug-likeness (QED) is 0.492. The third-order valence-electron chi connectivity index (χ3n) is 4.93. The third-order valence-corrected chi connectivity index (χ3v) is 5.86. The van der Waals surface area contributed by atoms with Crippen LogP contribution in [0.2, 0.25) is 0 Å². The van der Waals surface area contributed by atoms with Crippen LogP contribution >= 0.6 is 11.3 Å². The van der Waals surface area contributed by atoms with Gasteiger partial charge in [-0.2, -0.15) is 0 Å². The standard InChI is InChI=1S/C20H18FN5O4S/c1-26-14(18(28)29)9-22-16(17(26)27)10-2-7-13-15(8-10)31-20(24-13)25-19(30)23-12-5-3-11(21)4-6-12/h2-8,14,16,22H,9H2,1H3,(H,28,29)(H2,23,24,25,30)/t14-,16+/m0/s1. The monoisotopic (exact) mass is 443 g/mol. The van der Waals surface area contributed by atoms with Crippen LogP contribution in [0, 0.1) is 5.82 Å². The van der Waals surface area contributed by atoms with E-state index in [2.05, 4.69) is 20.9 Å². The molecular weight excluding hydrogens is 425 g/mol. The maximum Gasteiger partial charge on any atom is 0.327 e. The Bertz CT molecular complexity index is 1170. The van der Waals surface area contributed by atoms with Crippen molar-refractivity contribution in [3.63, 3.8) is 0 Å². The molecule has 11 heteroatoms. The number of fused-ring (bicyclic) bond motifs is 1. The lowest BCUT2D eigenvalue weighted by Gasteiger charge is -2.35. The molecule has 9 nitrogen and oxygen atoms in total. The molecule has 1 aliphatic rings. The van der Waals surface area contributed by atoms with Crippen molar-refractivity contribution < 1.29 is 23.9 Å². The predicted octanol–water partition coefficient (Wildman–Crippen LogP) is 2.64. The van der Waals surface area contributed by atoms with Crippen LogP contribution in [0.15, 0.2) is 42.5 Å². The molecule has 0 saturated carbocycles. The molecule has 0 unspecified atom stereocenters. The fraction of sp³-hybridized carbons (Fsp3) is 0.200. The maximum atomic E-state index is 13.0. The minimum absolute atomic E-state index is 0.138. The van der Waals surface area contributed by atoms with Crippen LogP contribution in [0.3, 0.4) is 0 Å². The molecule has 1 aliphatic heterocycles. The zero-order valence-corrected chi connectivity index (χ0v) is 17.1. The normalized spacial score (nSPS) is 18.8. The van der Waals surface area contributed by atoms with Crippen molar-refractivity contribution in [1.82, 2.24) is 15.2 Å². The van der Waals surface area contributed by atoms with E-state index < -0.39 is 29.9 Å². The topological polar surface area (TPSA) is 124 Å². The van der Waals surface area contributed by atoms with Crippen LogP contribution in [0.1, 0.15) is 11.6 Å². The van der Waals surface area contributed by atoms with Crippen LogP contribution in [0.4, 0.5) is 20.0 Å². The Morgan fingerprint density at radius 3 is 2.68 bits per heavy atom. The summed E-state index contributed by atoms with van der Waals surface area (Å²) in [6, 6.07) is 8.56. The predicted molar refractivity (Wildman–Crippen MR) is 114 cm³/mol. The van der Waals surface area contributed by atoms with Crippen molar-refractivity contribution in [3.8, 4) is 0 Å². The summed E-state index contributed by atoms with van der Waals surface area (Å²) in [5.74, 6) is -1.79. The number of aliphatic carboxylic acids is 1. The number of nitrogens with one attached hydrogen (secondary N) is 3. The Hall–Kier alpha value is -3.57. The van der Waals surface area contributed by atoms with Crippen LogP contribution < -0.4 is 16.0 Å². The Labute approximate surface area is 179 Å². The van der Waals surface area contributed by atoms with E-state index >= 15 is 0 Å². The fourth-order valence-electron chi connectivity index (χ4n) is 3.29. The number of carbonyl (C=O) groups is 3. The van der Waals surface area contributed by atoms with E-state index in [0.717, 1.165) is 4.70 Å². The summed E-state index contributed by atoms with van der Waals surface area (Å²) in [6.07, 6.45) is 0. The number of benzene rings is 2. The molecule has 160 valence electrons. The van der Waals surface area contributed by atoms with Crippen LogP contribution in [-0.4, -0.2) is 52.5 Å². The second kappa shape index (κ2) is 8.28. The fourth-order valence-corrected chi connectivity index (χ4v) is 4.20. The Morgan fingerprint density at radius 2 is 1.97 bits per heavy atom. The molecule has 2 heterocycles. The number of likely N-dealkylation sites (N-methyl/N-ethyl adjacent to an activating group) is 1. The molecule has 0 aliphatic carbocycles. The Kier molecular flexibility index (Phi) is 5.53. The molecular formula is C20H18FN5O4S. The van der Waals surface area contributed by atoms with Crippen molar-refractivity contribution in [2.75, 3.05) is 24.2 Å². The highest BCUT2D eigenvalue weighted by Crippen LogP contribution is 2.30. The number of halogens is 1. The zero-order valence-electron chi connectivity index (χ0n) is 16.3. The van der Waals surface area contributed by atoms with Crippen molar-refractivity contribution in [2.24, 2.45) is 0 Å². The van der Waals surface area contributed by atoms with Gasteiger partial charge in [0.05, 0.1) is 10.2 Å². The summed E-state index contributed by atoms with van der Waals surface area (Å²) in [5.41, 5.74) is 1.76. The van der Waals surface area contributed by atoms with Crippen molar-refractivity contribution >= 4 is 50.3 Å². The van der Waals surface area contributed by atoms with Gasteiger partial charge in [0.2, 0.25) is 5.91 Å². The molecule has 3 amide bonds. The minimum atomic E-state index is -1.06. The molecule has 0 spiro atoms. The minimum Gasteiger partial charge on any atom is -0.480 e. The number of urea groups is 1. The van der Waals surface area contributed by atoms with Crippen molar-refractivity contribution in [2.45, 2.75) is 12.1 Å². The van der Waals surface area contributed by atoms with Gasteiger partial charge in [-0.05, 0) is 42.0 Å². The van der Waals surface area contributed by atoms with E-state index in [0.29, 0.717) is 21.9 Å². The van der Waals surface area contributed by atoms with Crippen LogP contribution in [0.5, 0.6) is 0 Å². The summed E-state index contributed by atoms with van der Waals surface area (Å²) in [4.78, 5) is 41.6. The van der Waals surface area contributed by atoms with E-state index in [1.165, 1.54) is 47.5 Å². The van der Waals surface area contributed by atoms with E-state index in [1.54, 1.807) is 18.2 Å². The number of carboxylic acids is 1. The molecule has 4 rings (SSSR count). The lowest BCUT2D eigenvalue weighted by Crippen LogP contribution is -2.57. The van der Waals surface area contributed by atoms with E-state index in [1.807, 2.05) is 0 Å². The number of carboxylic acid groups (broad SMARTS) is 1. The molecule has 2 aromatic carbocycles. The molecule has 1 aromatic heterocycles. The van der Waals surface area contributed by atoms with Gasteiger partial charge in [0, 0.05) is 19.3 Å². The molecule has 4 N–H and O–H groups in total. The largest absolute Gasteiger partial charge is 0.480 e. The number of anilines is 2. The average Bonchev–Trinajstić information content (AvgIpc) is 3.12. The molecule has 1 saturated heterocycles. The first-order chi connectivity index (χ1) is 14.8. The molecule has 0 bridgehead atoms. The number of rotatable bonds is 4. The number of amides is 3. The summed E-state index contributed by atoms with van der Waals surface area (Å²) in [6.45, 7) is 0.138. The number of hydrogen-bond donors (Lipinski definition) is 4. The second-order valence-corrected chi connectivity index (χ2v) is 8.01. The molecule has 0 radical (unpaired) electrons. The summed E-state index contributed by atoms with van der Waals surface area (Å²) in [5, 5.41) is 17.8. The lowest BCUT2D eigenvalue weighted by atomic mass is 10.0. The summed E-state index contributed by atoms with van der Waals surface area (Å²) >= 11 is 1.23. The highest BCUT2D eigenvalue weighted by atomic mass is 32.1. The summed E-state index contributed by atoms with van der Waals surface area (Å²) in [7, 11) is 1.47. The van der Waals surface area contributed by atoms with Crippen molar-refractivity contribution in [1.29, 1.82) is 0 Å². The number of nitrogens with zero attached hydrogens (tertiary/aromatic N) is 2. The van der Waals surface area contributed by atoms with Gasteiger partial charge in [0.25, 0.3) is 0 Å². The third kappa shape index (κ3) is 4.32. The number of carbonyl (C=O) groups excluding carboxylic acids is 2. The van der Waals surface area contributed by atoms with Crippen molar-refractivity contribution in [3.05, 3.63) is 53.8 Å². The Balaban J connectivity index is 1.48. The first-order valence-electron chi connectivity index (χ1n) is 9.29. The van der Waals surface area contributed by atoms with Gasteiger partial charge < -0.3 is 15.3 Å². The number of thiazole rings is 1. The highest BCUT2D eigenvalue weighted by molar-refractivity contribution is 7.22. The lowest BCUT2D eigenvalue weighted by molar-refractivity contribution is -0.152. The van der Waals surface area contributed by atoms with Crippen LogP contribution in [0.25, 0.3) is 10.2 Å². The van der Waals surface area contributed by atoms with Gasteiger partial charge in [-0.3, -0.25) is 15.4 Å². The molecule has 1 fully saturated rings. The van der Waals surface area contributed by atoms with E-state index in [4.69, 9.17) is 0 Å². The molecule has 3 aromatic rings.